The number of carbonyl (C=O) groups is 7. The lowest BCUT2D eigenvalue weighted by Crippen LogP contribution is -2.37. The van der Waals surface area contributed by atoms with Crippen LogP contribution in [0.5, 0.6) is 0 Å². The van der Waals surface area contributed by atoms with Crippen molar-refractivity contribution in [3.63, 3.8) is 0 Å². The van der Waals surface area contributed by atoms with Gasteiger partial charge in [0, 0.05) is 61.6 Å². The van der Waals surface area contributed by atoms with Crippen molar-refractivity contribution in [1.29, 1.82) is 0 Å². The molecule has 4 heterocycles. The largest absolute Gasteiger partial charge is 0.480 e. The van der Waals surface area contributed by atoms with Crippen molar-refractivity contribution in [2.75, 3.05) is 0 Å². The van der Waals surface area contributed by atoms with Crippen LogP contribution in [0.4, 0.5) is 0 Å². The molecule has 26 nitrogen and oxygen atoms in total. The second-order valence-corrected chi connectivity index (χ2v) is 25.5. The number of hydrogen-bond acceptors (Lipinski definition) is 18. The molecule has 112 heavy (non-hydrogen) atoms. The molecule has 0 saturated heterocycles. The van der Waals surface area contributed by atoms with Crippen molar-refractivity contribution in [2.24, 2.45) is 40.1 Å². The Morgan fingerprint density at radius 1 is 0.375 bits per heavy atom. The number of carboxylic acids is 7. The summed E-state index contributed by atoms with van der Waals surface area (Å²) >= 11 is 0. The molecule has 7 aromatic carbocycles. The van der Waals surface area contributed by atoms with Gasteiger partial charge in [0.15, 0.2) is 0 Å². The standard InChI is InChI=1S/C16H17NO2.C15H16N2O2.C15H15NO2.C13H15N3O2.C11H13NO2.2C8H10N2O2/c1-11-4-2-3-5-14(11)13-8-6-12(7-9-13)10-15(17)16(18)19;1-10-4-2-3-5-12(10)14-7-6-11(9-17-14)8-13(16)15(18)19;16-14(15(17)18)13(11-7-3-1-4-8-11)12-9-5-2-6-10-12;14-12(13(17)18)6-11-8-16(9-15-11)7-10-4-2-1-3-5-10;12-10(11(13)14)8-4-7-9-5-2-1-3-6-9;9-7(8(11)12)5-6-1-3-10-4-2-6;9-7(8(11)12)4-6-2-1-3-10-5-6/h2-9,15H,10,17H2,1H3,(H,18,19);2-7,9,13H,8,16H2,1H3,(H,18,19);1-10,13-14H,16H2,(H,17,18);1-5,8-9,12H,6-7,14H2,(H,17,18);1-7,10H,8,12H2,(H,13,14);1-4,7H,5,9H2,(H,11,12);1-3,5,7H,4,9H2,(H,11,12)/b;;;;7-4+;;/t15-;13-;14-;12-;10-;2*7-/m0000000/s1. The minimum Gasteiger partial charge on any atom is -0.480 e. The third-order valence-corrected chi connectivity index (χ3v) is 16.6. The van der Waals surface area contributed by atoms with Crippen LogP contribution in [0.3, 0.4) is 0 Å². The molecule has 0 spiro atoms. The highest BCUT2D eigenvalue weighted by Crippen LogP contribution is 2.28. The molecule has 0 fully saturated rings. The van der Waals surface area contributed by atoms with Gasteiger partial charge in [-0.15, -0.1) is 0 Å². The highest BCUT2D eigenvalue weighted by molar-refractivity contribution is 5.77. The van der Waals surface area contributed by atoms with Crippen molar-refractivity contribution >= 4 is 47.9 Å². The molecule has 11 aromatic rings. The van der Waals surface area contributed by atoms with Crippen LogP contribution < -0.4 is 40.1 Å². The number of rotatable bonds is 27. The number of aliphatic carboxylic acids is 7. The normalized spacial score (nSPS) is 12.3. The predicted molar refractivity (Wildman–Crippen MR) is 430 cm³/mol. The molecular weight excluding hydrogens is 1430 g/mol. The van der Waals surface area contributed by atoms with Gasteiger partial charge in [-0.25, -0.2) is 4.98 Å². The van der Waals surface area contributed by atoms with E-state index in [9.17, 15) is 33.6 Å². The maximum absolute atomic E-state index is 11.2. The lowest BCUT2D eigenvalue weighted by atomic mass is 9.85. The summed E-state index contributed by atoms with van der Waals surface area (Å²) < 4.78 is 1.92. The highest BCUT2D eigenvalue weighted by Gasteiger charge is 2.27. The number of nitrogens with two attached hydrogens (primary N) is 7. The van der Waals surface area contributed by atoms with E-state index in [1.807, 2.05) is 218 Å². The molecule has 0 bridgehead atoms. The van der Waals surface area contributed by atoms with E-state index in [2.05, 4.69) is 39.0 Å². The molecule has 0 aliphatic rings. The van der Waals surface area contributed by atoms with Crippen LogP contribution in [0.15, 0.2) is 280 Å². The van der Waals surface area contributed by atoms with E-state index in [4.69, 9.17) is 75.9 Å². The zero-order valence-corrected chi connectivity index (χ0v) is 62.0. The second kappa shape index (κ2) is 48.4. The number of pyridine rings is 3. The van der Waals surface area contributed by atoms with E-state index in [0.29, 0.717) is 31.4 Å². The summed E-state index contributed by atoms with van der Waals surface area (Å²) in [6.45, 7) is 4.82. The van der Waals surface area contributed by atoms with E-state index >= 15 is 0 Å². The van der Waals surface area contributed by atoms with Crippen LogP contribution in [-0.2, 0) is 72.2 Å². The summed E-state index contributed by atoms with van der Waals surface area (Å²) in [7, 11) is 0. The Kier molecular flexibility index (Phi) is 38.7. The molecule has 4 aromatic heterocycles. The van der Waals surface area contributed by atoms with E-state index in [1.165, 1.54) is 16.7 Å². The average molecular weight is 1520 g/mol. The summed E-state index contributed by atoms with van der Waals surface area (Å²) in [5, 5.41) is 61.0. The Morgan fingerprint density at radius 2 is 0.786 bits per heavy atom. The van der Waals surface area contributed by atoms with Crippen LogP contribution in [0.2, 0.25) is 0 Å². The van der Waals surface area contributed by atoms with Gasteiger partial charge in [-0.05, 0) is 137 Å². The maximum atomic E-state index is 11.2. The van der Waals surface area contributed by atoms with Gasteiger partial charge in [-0.3, -0.25) is 48.5 Å². The first-order chi connectivity index (χ1) is 53.6. The molecule has 584 valence electrons. The molecule has 21 N–H and O–H groups in total. The van der Waals surface area contributed by atoms with Crippen LogP contribution in [0.25, 0.3) is 28.5 Å². The van der Waals surface area contributed by atoms with Gasteiger partial charge in [0.25, 0.3) is 0 Å². The first kappa shape index (κ1) is 89.6. The number of hydrogen-bond donors (Lipinski definition) is 14. The van der Waals surface area contributed by atoms with Gasteiger partial charge in [-0.2, -0.15) is 0 Å². The predicted octanol–water partition coefficient (Wildman–Crippen LogP) is 9.32. The van der Waals surface area contributed by atoms with Crippen molar-refractivity contribution in [1.82, 2.24) is 24.5 Å². The lowest BCUT2D eigenvalue weighted by molar-refractivity contribution is -0.139. The second-order valence-electron chi connectivity index (χ2n) is 25.5. The number of aromatic nitrogens is 5. The van der Waals surface area contributed by atoms with Gasteiger partial charge in [0.2, 0.25) is 0 Å². The van der Waals surface area contributed by atoms with E-state index in [-0.39, 0.29) is 18.8 Å². The monoisotopic (exact) mass is 1520 g/mol. The van der Waals surface area contributed by atoms with Crippen molar-refractivity contribution in [3.8, 4) is 22.4 Å². The molecule has 7 atom stereocenters. The topological polar surface area (TPSA) is 500 Å². The number of carboxylic acid groups (broad SMARTS) is 7. The quantitative estimate of drug-likeness (QED) is 0.0228. The zero-order chi connectivity index (χ0) is 81.9. The Labute approximate surface area is 649 Å². The molecule has 0 saturated carbocycles. The number of nitrogens with zero attached hydrogens (tertiary/aromatic N) is 5. The third-order valence-electron chi connectivity index (χ3n) is 16.6. The molecular formula is C86H96N12O14. The SMILES string of the molecule is Cc1ccccc1-c1ccc(C[C@H](N)C(=O)O)cc1.Cc1ccccc1-c1ccc(C[C@H](N)C(=O)O)cn1.N[C@@H](C/C=C/c1ccccc1)C(=O)O.N[C@@H](Cc1cccnc1)C(=O)O.N[C@@H](Cc1ccncc1)C(=O)O.N[C@@H](Cc1cn(Cc2ccccc2)cn1)C(=O)O.N[C@H](C(=O)O)C(c1ccccc1)c1ccccc1. The first-order valence-electron chi connectivity index (χ1n) is 35.3. The summed E-state index contributed by atoms with van der Waals surface area (Å²) in [6, 6.07) is 67.5. The number of benzene rings is 7. The minimum absolute atomic E-state index is 0.247. The zero-order valence-electron chi connectivity index (χ0n) is 62.0. The fourth-order valence-electron chi connectivity index (χ4n) is 10.5. The molecule has 0 radical (unpaired) electrons. The fraction of sp³-hybridized carbons (Fsp3) is 0.198. The lowest BCUT2D eigenvalue weighted by Gasteiger charge is -2.21. The Bertz CT molecular complexity index is 4460. The number of imidazole rings is 1. The fourth-order valence-corrected chi connectivity index (χ4v) is 10.5. The molecule has 0 unspecified atom stereocenters. The summed E-state index contributed by atoms with van der Waals surface area (Å²) in [6.07, 6.45) is 17.2. The first-order valence-corrected chi connectivity index (χ1v) is 35.3. The average Bonchev–Trinajstić information content (AvgIpc) is 0.961. The van der Waals surface area contributed by atoms with Crippen molar-refractivity contribution in [2.45, 2.75) is 107 Å². The van der Waals surface area contributed by atoms with Crippen LogP contribution in [0.1, 0.15) is 73.7 Å². The smallest absolute Gasteiger partial charge is 0.321 e. The summed E-state index contributed by atoms with van der Waals surface area (Å²) in [5.41, 5.74) is 53.2. The maximum Gasteiger partial charge on any atom is 0.321 e. The summed E-state index contributed by atoms with van der Waals surface area (Å²) in [5.74, 6) is -7.23. The third kappa shape index (κ3) is 33.2. The van der Waals surface area contributed by atoms with Crippen LogP contribution >= 0.6 is 0 Å². The Balaban J connectivity index is 0.000000235. The minimum atomic E-state index is -1.01. The molecule has 0 aliphatic heterocycles. The van der Waals surface area contributed by atoms with Gasteiger partial charge < -0.3 is 80.4 Å². The van der Waals surface area contributed by atoms with E-state index < -0.39 is 84.1 Å². The number of aryl methyl sites for hydroxylation is 2. The van der Waals surface area contributed by atoms with E-state index in [1.54, 1.807) is 67.7 Å². The van der Waals surface area contributed by atoms with Crippen LogP contribution in [-0.4, -0.2) is 144 Å². The molecule has 0 aliphatic carbocycles. The van der Waals surface area contributed by atoms with Crippen LogP contribution in [0, 0.1) is 13.8 Å². The van der Waals surface area contributed by atoms with Gasteiger partial charge >= 0.3 is 41.8 Å². The Morgan fingerprint density at radius 3 is 1.23 bits per heavy atom. The molecule has 26 heteroatoms. The molecule has 0 amide bonds. The van der Waals surface area contributed by atoms with Gasteiger partial charge in [0.05, 0.1) is 17.7 Å². The summed E-state index contributed by atoms with van der Waals surface area (Å²) in [4.78, 5) is 90.5. The van der Waals surface area contributed by atoms with Gasteiger partial charge in [-0.1, -0.05) is 218 Å². The highest BCUT2D eigenvalue weighted by atomic mass is 16.4. The van der Waals surface area contributed by atoms with Crippen molar-refractivity contribution in [3.05, 3.63) is 341 Å². The van der Waals surface area contributed by atoms with Crippen molar-refractivity contribution < 1.29 is 69.3 Å². The molecule has 11 rings (SSSR count). The van der Waals surface area contributed by atoms with E-state index in [0.717, 1.165) is 67.9 Å². The Hall–Kier alpha value is -13.1. The van der Waals surface area contributed by atoms with Gasteiger partial charge in [0.1, 0.15) is 42.3 Å².